The summed E-state index contributed by atoms with van der Waals surface area (Å²) < 4.78 is 0. The predicted octanol–water partition coefficient (Wildman–Crippen LogP) is 0.127. The Morgan fingerprint density at radius 1 is 1.33 bits per heavy atom. The van der Waals surface area contributed by atoms with Crippen LogP contribution in [0.5, 0.6) is 0 Å². The molecule has 1 fully saturated rings. The van der Waals surface area contributed by atoms with Crippen molar-refractivity contribution in [3.8, 4) is 0 Å². The van der Waals surface area contributed by atoms with Crippen LogP contribution < -0.4 is 5.32 Å². The summed E-state index contributed by atoms with van der Waals surface area (Å²) in [4.78, 5) is 22.3. The van der Waals surface area contributed by atoms with E-state index in [4.69, 9.17) is 5.11 Å². The van der Waals surface area contributed by atoms with Crippen molar-refractivity contribution >= 4 is 11.9 Å². The van der Waals surface area contributed by atoms with E-state index >= 15 is 0 Å². The summed E-state index contributed by atoms with van der Waals surface area (Å²) in [6.45, 7) is 1.35. The second-order valence-electron chi connectivity index (χ2n) is 4.05. The molecule has 1 saturated carbocycles. The molecule has 1 aliphatic rings. The van der Waals surface area contributed by atoms with Crippen LogP contribution in [0.3, 0.4) is 0 Å². The van der Waals surface area contributed by atoms with Crippen molar-refractivity contribution in [2.75, 3.05) is 0 Å². The zero-order valence-corrected chi connectivity index (χ0v) is 8.77. The van der Waals surface area contributed by atoms with Gasteiger partial charge in [0.1, 0.15) is 0 Å². The van der Waals surface area contributed by atoms with Crippen LogP contribution in [0.4, 0.5) is 0 Å². The van der Waals surface area contributed by atoms with Crippen molar-refractivity contribution < 1.29 is 19.8 Å². The van der Waals surface area contributed by atoms with Gasteiger partial charge in [-0.2, -0.15) is 0 Å². The van der Waals surface area contributed by atoms with Gasteiger partial charge in [0.15, 0.2) is 6.04 Å². The molecule has 0 radical (unpaired) electrons. The largest absolute Gasteiger partial charge is 0.480 e. The molecule has 86 valence electrons. The highest BCUT2D eigenvalue weighted by molar-refractivity contribution is 5.85. The van der Waals surface area contributed by atoms with E-state index in [9.17, 15) is 14.7 Å². The van der Waals surface area contributed by atoms with Crippen LogP contribution >= 0.6 is 0 Å². The fraction of sp³-hybridized carbons (Fsp3) is 0.800. The average molecular weight is 215 g/mol. The van der Waals surface area contributed by atoms with E-state index in [-0.39, 0.29) is 11.8 Å². The number of aliphatic hydroxyl groups is 1. The van der Waals surface area contributed by atoms with E-state index < -0.39 is 18.1 Å². The average Bonchev–Trinajstić information content (AvgIpc) is 2.65. The Morgan fingerprint density at radius 2 is 1.87 bits per heavy atom. The Balaban J connectivity index is 2.50. The number of carbonyl (C=O) groups excluding carboxylic acids is 1. The monoisotopic (exact) mass is 215 g/mol. The molecule has 1 amide bonds. The first-order valence-electron chi connectivity index (χ1n) is 5.23. The minimum atomic E-state index is -1.20. The third-order valence-electron chi connectivity index (χ3n) is 2.77. The normalized spacial score (nSPS) is 20.9. The van der Waals surface area contributed by atoms with Crippen LogP contribution in [-0.4, -0.2) is 34.2 Å². The topological polar surface area (TPSA) is 86.6 Å². The summed E-state index contributed by atoms with van der Waals surface area (Å²) in [6.07, 6.45) is 2.60. The number of carbonyl (C=O) groups is 2. The molecule has 3 N–H and O–H groups in total. The Kier molecular flexibility index (Phi) is 4.08. The SMILES string of the molecule is C[C@H](O)[C@@H](NC(=O)C1CCCC1)C(=O)O. The molecular weight excluding hydrogens is 198 g/mol. The molecule has 0 spiro atoms. The lowest BCUT2D eigenvalue weighted by molar-refractivity contribution is -0.145. The van der Waals surface area contributed by atoms with E-state index in [0.29, 0.717) is 0 Å². The number of carboxylic acids is 1. The molecule has 15 heavy (non-hydrogen) atoms. The van der Waals surface area contributed by atoms with E-state index in [1.54, 1.807) is 0 Å². The molecule has 1 rings (SSSR count). The molecule has 0 aromatic carbocycles. The maximum Gasteiger partial charge on any atom is 0.328 e. The van der Waals surface area contributed by atoms with Gasteiger partial charge in [0, 0.05) is 5.92 Å². The van der Waals surface area contributed by atoms with Gasteiger partial charge < -0.3 is 15.5 Å². The second kappa shape index (κ2) is 5.11. The number of hydrogen-bond donors (Lipinski definition) is 3. The van der Waals surface area contributed by atoms with Gasteiger partial charge in [-0.05, 0) is 19.8 Å². The fourth-order valence-electron chi connectivity index (χ4n) is 1.85. The number of nitrogens with one attached hydrogen (secondary N) is 1. The van der Waals surface area contributed by atoms with Gasteiger partial charge in [-0.15, -0.1) is 0 Å². The molecule has 5 heteroatoms. The minimum Gasteiger partial charge on any atom is -0.480 e. The summed E-state index contributed by atoms with van der Waals surface area (Å²) in [7, 11) is 0. The van der Waals surface area contributed by atoms with Gasteiger partial charge in [-0.1, -0.05) is 12.8 Å². The number of carboxylic acid groups (broad SMARTS) is 1. The van der Waals surface area contributed by atoms with Crippen LogP contribution in [0.25, 0.3) is 0 Å². The third kappa shape index (κ3) is 3.20. The van der Waals surface area contributed by atoms with Gasteiger partial charge >= 0.3 is 5.97 Å². The van der Waals surface area contributed by atoms with Crippen molar-refractivity contribution in [2.24, 2.45) is 5.92 Å². The second-order valence-corrected chi connectivity index (χ2v) is 4.05. The first-order valence-corrected chi connectivity index (χ1v) is 5.23. The lowest BCUT2D eigenvalue weighted by Crippen LogP contribution is -2.49. The number of aliphatic carboxylic acids is 1. The molecule has 0 heterocycles. The summed E-state index contributed by atoms with van der Waals surface area (Å²) in [5.41, 5.74) is 0. The van der Waals surface area contributed by atoms with Gasteiger partial charge in [0.05, 0.1) is 6.10 Å². The Morgan fingerprint density at radius 3 is 2.27 bits per heavy atom. The predicted molar refractivity (Wildman–Crippen MR) is 53.2 cm³/mol. The molecule has 0 aromatic rings. The Hall–Kier alpha value is -1.10. The number of rotatable bonds is 4. The Bertz CT molecular complexity index is 246. The number of aliphatic hydroxyl groups excluding tert-OH is 1. The van der Waals surface area contributed by atoms with Crippen LogP contribution in [0.1, 0.15) is 32.6 Å². The van der Waals surface area contributed by atoms with Gasteiger partial charge in [0.2, 0.25) is 5.91 Å². The van der Waals surface area contributed by atoms with E-state index in [0.717, 1.165) is 25.7 Å². The molecule has 0 saturated heterocycles. The highest BCUT2D eigenvalue weighted by Gasteiger charge is 2.29. The zero-order valence-electron chi connectivity index (χ0n) is 8.77. The minimum absolute atomic E-state index is 0.0781. The smallest absolute Gasteiger partial charge is 0.328 e. The van der Waals surface area contributed by atoms with Gasteiger partial charge in [0.25, 0.3) is 0 Å². The van der Waals surface area contributed by atoms with Crippen LogP contribution in [0.2, 0.25) is 0 Å². The quantitative estimate of drug-likeness (QED) is 0.622. The molecule has 0 aliphatic heterocycles. The van der Waals surface area contributed by atoms with Crippen LogP contribution in [0.15, 0.2) is 0 Å². The molecule has 1 aliphatic carbocycles. The highest BCUT2D eigenvalue weighted by Crippen LogP contribution is 2.24. The molecule has 0 bridgehead atoms. The standard InChI is InChI=1S/C10H17NO4/c1-6(12)8(10(14)15)11-9(13)7-4-2-3-5-7/h6-8,12H,2-5H2,1H3,(H,11,13)(H,14,15)/t6-,8+/m0/s1. The van der Waals surface area contributed by atoms with Gasteiger partial charge in [-0.25, -0.2) is 4.79 Å². The molecule has 0 aromatic heterocycles. The maximum atomic E-state index is 11.6. The van der Waals surface area contributed by atoms with E-state index in [1.807, 2.05) is 0 Å². The molecule has 2 atom stereocenters. The van der Waals surface area contributed by atoms with Crippen molar-refractivity contribution in [1.82, 2.24) is 5.32 Å². The summed E-state index contributed by atoms with van der Waals surface area (Å²) in [5, 5.41) is 20.3. The summed E-state index contributed by atoms with van der Waals surface area (Å²) in [5.74, 6) is -1.53. The van der Waals surface area contributed by atoms with Crippen molar-refractivity contribution in [3.63, 3.8) is 0 Å². The Labute approximate surface area is 88.5 Å². The number of amides is 1. The van der Waals surface area contributed by atoms with Crippen molar-refractivity contribution in [1.29, 1.82) is 0 Å². The number of hydrogen-bond acceptors (Lipinski definition) is 3. The zero-order chi connectivity index (χ0) is 11.4. The van der Waals surface area contributed by atoms with E-state index in [2.05, 4.69) is 5.32 Å². The highest BCUT2D eigenvalue weighted by atomic mass is 16.4. The van der Waals surface area contributed by atoms with Crippen molar-refractivity contribution in [2.45, 2.75) is 44.8 Å². The first-order chi connectivity index (χ1) is 7.02. The van der Waals surface area contributed by atoms with Crippen LogP contribution in [-0.2, 0) is 9.59 Å². The van der Waals surface area contributed by atoms with E-state index in [1.165, 1.54) is 6.92 Å². The molecular formula is C10H17NO4. The summed E-state index contributed by atoms with van der Waals surface area (Å²) >= 11 is 0. The lowest BCUT2D eigenvalue weighted by atomic mass is 10.1. The third-order valence-corrected chi connectivity index (χ3v) is 2.77. The van der Waals surface area contributed by atoms with Crippen LogP contribution in [0, 0.1) is 5.92 Å². The van der Waals surface area contributed by atoms with Crippen molar-refractivity contribution in [3.05, 3.63) is 0 Å². The maximum absolute atomic E-state index is 11.6. The molecule has 5 nitrogen and oxygen atoms in total. The van der Waals surface area contributed by atoms with Gasteiger partial charge in [-0.3, -0.25) is 4.79 Å². The fourth-order valence-corrected chi connectivity index (χ4v) is 1.85. The first kappa shape index (κ1) is 12.0. The lowest BCUT2D eigenvalue weighted by Gasteiger charge is -2.19. The summed E-state index contributed by atoms with van der Waals surface area (Å²) in [6, 6.07) is -1.20. The molecule has 0 unspecified atom stereocenters.